The molecule has 1 aromatic heterocycles. The molecule has 2 aromatic carbocycles. The highest BCUT2D eigenvalue weighted by Gasteiger charge is 2.23. The summed E-state index contributed by atoms with van der Waals surface area (Å²) in [6.07, 6.45) is 0.889. The number of fused-ring (bicyclic) bond motifs is 1. The first kappa shape index (κ1) is 23.4. The average molecular weight is 487 g/mol. The number of thiazole rings is 1. The molecule has 0 radical (unpaired) electrons. The van der Waals surface area contributed by atoms with E-state index in [1.54, 1.807) is 11.3 Å². The third-order valence-electron chi connectivity index (χ3n) is 5.43. The van der Waals surface area contributed by atoms with Crippen molar-refractivity contribution in [2.24, 2.45) is 5.92 Å². The fourth-order valence-electron chi connectivity index (χ4n) is 3.74. The highest BCUT2D eigenvalue weighted by Crippen LogP contribution is 2.39. The molecule has 0 atom stereocenters. The van der Waals surface area contributed by atoms with Crippen molar-refractivity contribution in [2.45, 2.75) is 40.2 Å². The van der Waals surface area contributed by atoms with Gasteiger partial charge in [-0.3, -0.25) is 4.79 Å². The predicted molar refractivity (Wildman–Crippen MR) is 132 cm³/mol. The Morgan fingerprint density at radius 3 is 2.82 bits per heavy atom. The minimum Gasteiger partial charge on any atom is -0.481 e. The van der Waals surface area contributed by atoms with Crippen LogP contribution in [0.4, 0.5) is 5.13 Å². The maximum Gasteiger partial charge on any atom is 0.305 e. The van der Waals surface area contributed by atoms with Crippen molar-refractivity contribution in [1.29, 1.82) is 0 Å². The van der Waals surface area contributed by atoms with Crippen molar-refractivity contribution < 1.29 is 19.4 Å². The lowest BCUT2D eigenvalue weighted by atomic mass is 10.0. The zero-order valence-corrected chi connectivity index (χ0v) is 20.5. The van der Waals surface area contributed by atoms with Crippen molar-refractivity contribution in [2.75, 3.05) is 18.2 Å². The number of benzene rings is 2. The maximum atomic E-state index is 11.4. The van der Waals surface area contributed by atoms with Crippen molar-refractivity contribution in [3.8, 4) is 22.8 Å². The van der Waals surface area contributed by atoms with Gasteiger partial charge in [0.1, 0.15) is 0 Å². The van der Waals surface area contributed by atoms with Crippen LogP contribution in [0.2, 0.25) is 5.02 Å². The van der Waals surface area contributed by atoms with Gasteiger partial charge < -0.3 is 19.5 Å². The van der Waals surface area contributed by atoms with Crippen LogP contribution in [0.3, 0.4) is 0 Å². The second kappa shape index (κ2) is 10.0. The average Bonchev–Trinajstić information content (AvgIpc) is 3.40. The number of carboxylic acid groups (broad SMARTS) is 1. The summed E-state index contributed by atoms with van der Waals surface area (Å²) in [6.45, 7) is 7.34. The van der Waals surface area contributed by atoms with Gasteiger partial charge in [0.25, 0.3) is 0 Å². The minimum absolute atomic E-state index is 0.0111. The highest BCUT2D eigenvalue weighted by molar-refractivity contribution is 7.16. The second-order valence-electron chi connectivity index (χ2n) is 8.55. The molecule has 0 aliphatic carbocycles. The SMILES string of the molecule is Cc1ccc(-c2nc(N(CCC(=O)O)Cc3cccc4c3OCO4)sc2CC(C)C)cc1Cl. The Morgan fingerprint density at radius 2 is 2.09 bits per heavy atom. The van der Waals surface area contributed by atoms with Crippen molar-refractivity contribution in [3.05, 3.63) is 57.4 Å². The number of anilines is 1. The number of aromatic nitrogens is 1. The lowest BCUT2D eigenvalue weighted by Gasteiger charge is -2.22. The molecule has 33 heavy (non-hydrogen) atoms. The summed E-state index contributed by atoms with van der Waals surface area (Å²) < 4.78 is 11.2. The first-order valence-electron chi connectivity index (χ1n) is 10.9. The van der Waals surface area contributed by atoms with E-state index in [1.807, 2.05) is 48.2 Å². The first-order chi connectivity index (χ1) is 15.8. The molecule has 0 saturated carbocycles. The van der Waals surface area contributed by atoms with E-state index in [0.717, 1.165) is 38.8 Å². The summed E-state index contributed by atoms with van der Waals surface area (Å²) >= 11 is 8.02. The largest absolute Gasteiger partial charge is 0.481 e. The number of para-hydroxylation sites is 1. The van der Waals surface area contributed by atoms with E-state index in [9.17, 15) is 9.90 Å². The van der Waals surface area contributed by atoms with E-state index < -0.39 is 5.97 Å². The van der Waals surface area contributed by atoms with Gasteiger partial charge in [-0.1, -0.05) is 49.7 Å². The molecule has 1 aliphatic rings. The smallest absolute Gasteiger partial charge is 0.305 e. The Morgan fingerprint density at radius 1 is 1.27 bits per heavy atom. The number of aliphatic carboxylic acids is 1. The van der Waals surface area contributed by atoms with Gasteiger partial charge in [-0.05, 0) is 37.0 Å². The van der Waals surface area contributed by atoms with Crippen LogP contribution in [-0.4, -0.2) is 29.4 Å². The summed E-state index contributed by atoms with van der Waals surface area (Å²) in [6, 6.07) is 11.8. The number of carboxylic acids is 1. The van der Waals surface area contributed by atoms with Crippen molar-refractivity contribution in [1.82, 2.24) is 4.98 Å². The minimum atomic E-state index is -0.845. The van der Waals surface area contributed by atoms with E-state index >= 15 is 0 Å². The lowest BCUT2D eigenvalue weighted by Crippen LogP contribution is -2.25. The Hall–Kier alpha value is -2.77. The molecule has 1 N–H and O–H groups in total. The molecule has 0 spiro atoms. The van der Waals surface area contributed by atoms with Crippen LogP contribution in [0.1, 0.15) is 36.3 Å². The molecule has 0 bridgehead atoms. The van der Waals surface area contributed by atoms with Gasteiger partial charge in [-0.25, -0.2) is 4.98 Å². The second-order valence-corrected chi connectivity index (χ2v) is 10.0. The first-order valence-corrected chi connectivity index (χ1v) is 12.1. The number of carbonyl (C=O) groups is 1. The number of hydrogen-bond acceptors (Lipinski definition) is 6. The summed E-state index contributed by atoms with van der Waals surface area (Å²) in [5.41, 5.74) is 3.84. The molecular weight excluding hydrogens is 460 g/mol. The zero-order valence-electron chi connectivity index (χ0n) is 18.9. The van der Waals surface area contributed by atoms with E-state index in [2.05, 4.69) is 13.8 Å². The maximum absolute atomic E-state index is 11.4. The number of aryl methyl sites for hydroxylation is 1. The number of halogens is 1. The Labute approximate surface area is 202 Å². The third kappa shape index (κ3) is 5.42. The van der Waals surface area contributed by atoms with Crippen LogP contribution in [0.15, 0.2) is 36.4 Å². The summed E-state index contributed by atoms with van der Waals surface area (Å²) in [5, 5.41) is 10.8. The molecule has 6 nitrogen and oxygen atoms in total. The molecule has 0 fully saturated rings. The van der Waals surface area contributed by atoms with E-state index in [0.29, 0.717) is 35.5 Å². The number of ether oxygens (including phenoxy) is 2. The topological polar surface area (TPSA) is 71.9 Å². The van der Waals surface area contributed by atoms with Gasteiger partial charge in [0.15, 0.2) is 16.6 Å². The molecule has 4 rings (SSSR count). The van der Waals surface area contributed by atoms with E-state index in [1.165, 1.54) is 0 Å². The van der Waals surface area contributed by atoms with E-state index in [-0.39, 0.29) is 13.2 Å². The van der Waals surface area contributed by atoms with Gasteiger partial charge >= 0.3 is 5.97 Å². The zero-order chi connectivity index (χ0) is 23.5. The predicted octanol–water partition coefficient (Wildman–Crippen LogP) is 6.18. The molecule has 174 valence electrons. The number of rotatable bonds is 9. The third-order valence-corrected chi connectivity index (χ3v) is 6.98. The van der Waals surface area contributed by atoms with Crippen molar-refractivity contribution >= 4 is 34.0 Å². The van der Waals surface area contributed by atoms with Gasteiger partial charge in [0.2, 0.25) is 6.79 Å². The molecular formula is C25H27ClN2O4S. The molecule has 0 amide bonds. The molecule has 8 heteroatoms. The van der Waals surface area contributed by atoms with Gasteiger partial charge in [0.05, 0.1) is 12.1 Å². The fourth-order valence-corrected chi connectivity index (χ4v) is 5.24. The lowest BCUT2D eigenvalue weighted by molar-refractivity contribution is -0.136. The van der Waals surface area contributed by atoms with Crippen LogP contribution >= 0.6 is 22.9 Å². The highest BCUT2D eigenvalue weighted by atomic mass is 35.5. The monoisotopic (exact) mass is 486 g/mol. The quantitative estimate of drug-likeness (QED) is 0.389. The standard InChI is InChI=1S/C25H27ClN2O4S/c1-15(2)11-21-23(17-8-7-16(3)19(26)12-17)27-25(33-21)28(10-9-22(29)30)13-18-5-4-6-20-24(18)32-14-31-20/h4-8,12,15H,9-11,13-14H2,1-3H3,(H,29,30). The van der Waals surface area contributed by atoms with Crippen LogP contribution in [-0.2, 0) is 17.8 Å². The van der Waals surface area contributed by atoms with Crippen molar-refractivity contribution in [3.63, 3.8) is 0 Å². The molecule has 2 heterocycles. The van der Waals surface area contributed by atoms with Crippen LogP contribution in [0.5, 0.6) is 11.5 Å². The Kier molecular flexibility index (Phi) is 7.10. The summed E-state index contributed by atoms with van der Waals surface area (Å²) in [5.74, 6) is 1.03. The number of nitrogens with zero attached hydrogens (tertiary/aromatic N) is 2. The molecule has 3 aromatic rings. The normalized spacial score (nSPS) is 12.4. The Bertz CT molecular complexity index is 1160. The van der Waals surface area contributed by atoms with Gasteiger partial charge in [0, 0.05) is 34.1 Å². The van der Waals surface area contributed by atoms with Crippen LogP contribution in [0, 0.1) is 12.8 Å². The molecule has 0 unspecified atom stereocenters. The summed E-state index contributed by atoms with van der Waals surface area (Å²) in [4.78, 5) is 19.6. The van der Waals surface area contributed by atoms with E-state index in [4.69, 9.17) is 26.1 Å². The van der Waals surface area contributed by atoms with Crippen LogP contribution < -0.4 is 14.4 Å². The fraction of sp³-hybridized carbons (Fsp3) is 0.360. The summed E-state index contributed by atoms with van der Waals surface area (Å²) in [7, 11) is 0. The molecule has 1 aliphatic heterocycles. The number of hydrogen-bond donors (Lipinski definition) is 1. The van der Waals surface area contributed by atoms with Gasteiger partial charge in [-0.2, -0.15) is 0 Å². The molecule has 0 saturated heterocycles. The Balaban J connectivity index is 1.73. The van der Waals surface area contributed by atoms with Crippen LogP contribution in [0.25, 0.3) is 11.3 Å². The van der Waals surface area contributed by atoms with Gasteiger partial charge in [-0.15, -0.1) is 11.3 Å².